The average molecular weight is 489 g/mol. The van der Waals surface area contributed by atoms with E-state index < -0.39 is 5.97 Å². The van der Waals surface area contributed by atoms with Crippen molar-refractivity contribution in [1.29, 1.82) is 0 Å². The third kappa shape index (κ3) is 5.82. The summed E-state index contributed by atoms with van der Waals surface area (Å²) < 4.78 is 16.6. The lowest BCUT2D eigenvalue weighted by atomic mass is 10.1. The van der Waals surface area contributed by atoms with E-state index in [0.717, 1.165) is 27.9 Å². The number of hydrogen-bond acceptors (Lipinski definition) is 6. The van der Waals surface area contributed by atoms with Gasteiger partial charge in [0.15, 0.2) is 23.0 Å². The van der Waals surface area contributed by atoms with Crippen LogP contribution in [0.1, 0.15) is 23.0 Å². The first-order valence-electron chi connectivity index (χ1n) is 11.9. The van der Waals surface area contributed by atoms with Crippen LogP contribution in [0.2, 0.25) is 0 Å². The summed E-state index contributed by atoms with van der Waals surface area (Å²) in [6.45, 7) is 2.28. The lowest BCUT2D eigenvalue weighted by Crippen LogP contribution is -2.10. The fourth-order valence-corrected chi connectivity index (χ4v) is 3.74. The van der Waals surface area contributed by atoms with Crippen molar-refractivity contribution in [2.24, 2.45) is 4.99 Å². The van der Waals surface area contributed by atoms with Crippen LogP contribution in [-0.4, -0.2) is 23.9 Å². The van der Waals surface area contributed by atoms with Gasteiger partial charge in [-0.15, -0.1) is 0 Å². The number of aromatic nitrogens is 1. The topological polar surface area (TPSA) is 73.9 Å². The van der Waals surface area contributed by atoms with E-state index in [4.69, 9.17) is 14.0 Å². The molecular weight excluding hydrogens is 464 g/mol. The number of hydrogen-bond donors (Lipinski definition) is 0. The van der Waals surface area contributed by atoms with E-state index in [9.17, 15) is 4.79 Å². The predicted molar refractivity (Wildman–Crippen MR) is 144 cm³/mol. The normalized spacial score (nSPS) is 10.9. The zero-order valence-electron chi connectivity index (χ0n) is 20.2. The molecule has 0 saturated heterocycles. The van der Waals surface area contributed by atoms with Gasteiger partial charge in [0, 0.05) is 17.8 Å². The number of carbonyl (C=O) groups excluding carboxylic acids is 1. The molecule has 0 saturated carbocycles. The van der Waals surface area contributed by atoms with E-state index in [-0.39, 0.29) is 5.69 Å². The van der Waals surface area contributed by atoms with Crippen LogP contribution in [0.4, 0.5) is 5.69 Å². The summed E-state index contributed by atoms with van der Waals surface area (Å²) in [5.74, 6) is 0.583. The van der Waals surface area contributed by atoms with Gasteiger partial charge in [-0.2, -0.15) is 0 Å². The lowest BCUT2D eigenvalue weighted by Gasteiger charge is -2.10. The van der Waals surface area contributed by atoms with Gasteiger partial charge < -0.3 is 14.0 Å². The van der Waals surface area contributed by atoms with Gasteiger partial charge in [-0.1, -0.05) is 78.0 Å². The summed E-state index contributed by atoms with van der Waals surface area (Å²) in [6.07, 6.45) is 1.75. The number of rotatable bonds is 8. The predicted octanol–water partition coefficient (Wildman–Crippen LogP) is 7.38. The Bertz CT molecular complexity index is 1510. The molecule has 182 valence electrons. The van der Waals surface area contributed by atoms with Gasteiger partial charge in [0.1, 0.15) is 0 Å². The molecule has 5 rings (SSSR count). The number of esters is 1. The van der Waals surface area contributed by atoms with Crippen LogP contribution < -0.4 is 9.47 Å². The molecule has 0 fully saturated rings. The zero-order chi connectivity index (χ0) is 25.5. The standard InChI is InChI=1S/C31H24N2O4/c1-2-35-30-19-22(21-32-26-16-14-24(15-17-26)23-9-5-3-6-10-23)13-18-28(30)36-31(34)27-20-29(37-33-27)25-11-7-4-8-12-25/h3-21H,2H2,1H3. The Morgan fingerprint density at radius 2 is 1.49 bits per heavy atom. The highest BCUT2D eigenvalue weighted by molar-refractivity contribution is 5.91. The van der Waals surface area contributed by atoms with Gasteiger partial charge in [-0.05, 0) is 53.9 Å². The second kappa shape index (κ2) is 11.2. The number of carbonyl (C=O) groups is 1. The van der Waals surface area contributed by atoms with Crippen molar-refractivity contribution >= 4 is 17.9 Å². The molecule has 0 atom stereocenters. The molecule has 0 N–H and O–H groups in total. The Kier molecular flexibility index (Phi) is 7.18. The number of ether oxygens (including phenoxy) is 2. The minimum atomic E-state index is -0.633. The van der Waals surface area contributed by atoms with E-state index in [1.54, 1.807) is 24.4 Å². The van der Waals surface area contributed by atoms with Gasteiger partial charge >= 0.3 is 5.97 Å². The molecule has 0 radical (unpaired) electrons. The SMILES string of the molecule is CCOc1cc(C=Nc2ccc(-c3ccccc3)cc2)ccc1OC(=O)c1cc(-c2ccccc2)on1. The Morgan fingerprint density at radius 3 is 2.19 bits per heavy atom. The highest BCUT2D eigenvalue weighted by Gasteiger charge is 2.18. The second-order valence-corrected chi connectivity index (χ2v) is 8.14. The smallest absolute Gasteiger partial charge is 0.366 e. The molecule has 0 spiro atoms. The van der Waals surface area contributed by atoms with Gasteiger partial charge in [0.2, 0.25) is 0 Å². The first-order valence-corrected chi connectivity index (χ1v) is 11.9. The minimum absolute atomic E-state index is 0.0749. The molecule has 1 aromatic heterocycles. The maximum Gasteiger partial charge on any atom is 0.366 e. The number of nitrogens with zero attached hydrogens (tertiary/aromatic N) is 2. The van der Waals surface area contributed by atoms with Crippen molar-refractivity contribution < 1.29 is 18.8 Å². The summed E-state index contributed by atoms with van der Waals surface area (Å²) in [4.78, 5) is 17.3. The van der Waals surface area contributed by atoms with Crippen LogP contribution in [0.15, 0.2) is 119 Å². The Hall–Kier alpha value is -4.97. The van der Waals surface area contributed by atoms with E-state index in [1.165, 1.54) is 0 Å². The first kappa shape index (κ1) is 23.8. The molecule has 0 aliphatic heterocycles. The first-order chi connectivity index (χ1) is 18.2. The summed E-state index contributed by atoms with van der Waals surface area (Å²) in [6, 6.07) is 34.5. The maximum absolute atomic E-state index is 12.7. The van der Waals surface area contributed by atoms with Gasteiger partial charge in [0.05, 0.1) is 12.3 Å². The lowest BCUT2D eigenvalue weighted by molar-refractivity contribution is 0.0717. The van der Waals surface area contributed by atoms with Crippen LogP contribution in [0.5, 0.6) is 11.5 Å². The summed E-state index contributed by atoms with van der Waals surface area (Å²) in [7, 11) is 0. The van der Waals surface area contributed by atoms with Crippen LogP contribution in [0, 0.1) is 0 Å². The number of benzene rings is 4. The molecule has 0 aliphatic rings. The zero-order valence-corrected chi connectivity index (χ0v) is 20.2. The van der Waals surface area contributed by atoms with Crippen molar-refractivity contribution in [2.45, 2.75) is 6.92 Å². The van der Waals surface area contributed by atoms with E-state index in [0.29, 0.717) is 23.9 Å². The molecule has 0 aliphatic carbocycles. The molecule has 5 aromatic rings. The molecule has 6 nitrogen and oxygen atoms in total. The third-order valence-corrected chi connectivity index (χ3v) is 5.58. The monoisotopic (exact) mass is 488 g/mol. The van der Waals surface area contributed by atoms with Crippen molar-refractivity contribution in [1.82, 2.24) is 5.16 Å². The Labute approximate surface area is 214 Å². The average Bonchev–Trinajstić information content (AvgIpc) is 3.45. The molecule has 4 aromatic carbocycles. The van der Waals surface area contributed by atoms with E-state index >= 15 is 0 Å². The van der Waals surface area contributed by atoms with Crippen LogP contribution in [0.25, 0.3) is 22.5 Å². The third-order valence-electron chi connectivity index (χ3n) is 5.58. The fourth-order valence-electron chi connectivity index (χ4n) is 3.74. The molecule has 37 heavy (non-hydrogen) atoms. The number of aliphatic imine (C=N–C) groups is 1. The molecule has 0 amide bonds. The fraction of sp³-hybridized carbons (Fsp3) is 0.0645. The Balaban J connectivity index is 1.29. The summed E-state index contributed by atoms with van der Waals surface area (Å²) >= 11 is 0. The highest BCUT2D eigenvalue weighted by atomic mass is 16.6. The van der Waals surface area contributed by atoms with Crippen LogP contribution in [0.3, 0.4) is 0 Å². The van der Waals surface area contributed by atoms with Gasteiger partial charge in [0.25, 0.3) is 0 Å². The van der Waals surface area contributed by atoms with Crippen molar-refractivity contribution in [2.75, 3.05) is 6.61 Å². The largest absolute Gasteiger partial charge is 0.490 e. The van der Waals surface area contributed by atoms with Gasteiger partial charge in [-0.3, -0.25) is 4.99 Å². The maximum atomic E-state index is 12.7. The quantitative estimate of drug-likeness (QED) is 0.129. The molecular formula is C31H24N2O4. The molecule has 0 unspecified atom stereocenters. The Morgan fingerprint density at radius 1 is 0.811 bits per heavy atom. The van der Waals surface area contributed by atoms with Crippen LogP contribution >= 0.6 is 0 Å². The van der Waals surface area contributed by atoms with E-state index in [1.807, 2.05) is 85.8 Å². The van der Waals surface area contributed by atoms with Crippen LogP contribution in [-0.2, 0) is 0 Å². The minimum Gasteiger partial charge on any atom is -0.490 e. The second-order valence-electron chi connectivity index (χ2n) is 8.14. The molecule has 1 heterocycles. The van der Waals surface area contributed by atoms with Crippen molar-refractivity contribution in [3.8, 4) is 33.9 Å². The van der Waals surface area contributed by atoms with Gasteiger partial charge in [-0.25, -0.2) is 4.79 Å². The molecule has 0 bridgehead atoms. The highest BCUT2D eigenvalue weighted by Crippen LogP contribution is 2.30. The van der Waals surface area contributed by atoms with Crippen molar-refractivity contribution in [3.63, 3.8) is 0 Å². The van der Waals surface area contributed by atoms with Crippen molar-refractivity contribution in [3.05, 3.63) is 120 Å². The summed E-state index contributed by atoms with van der Waals surface area (Å²) in [5.41, 5.74) is 4.82. The summed E-state index contributed by atoms with van der Waals surface area (Å²) in [5, 5.41) is 3.86. The van der Waals surface area contributed by atoms with E-state index in [2.05, 4.69) is 22.3 Å². The molecule has 6 heteroatoms.